The van der Waals surface area contributed by atoms with Crippen molar-refractivity contribution in [3.63, 3.8) is 0 Å². The van der Waals surface area contributed by atoms with Crippen LogP contribution in [0.2, 0.25) is 0 Å². The third-order valence-electron chi connectivity index (χ3n) is 4.35. The summed E-state index contributed by atoms with van der Waals surface area (Å²) in [7, 11) is 3.88. The first kappa shape index (κ1) is 21.4. The first-order valence-electron chi connectivity index (χ1n) is 9.08. The highest BCUT2D eigenvalue weighted by molar-refractivity contribution is 6.06. The molecule has 3 rings (SSSR count). The van der Waals surface area contributed by atoms with Crippen molar-refractivity contribution in [2.45, 2.75) is 0 Å². The van der Waals surface area contributed by atoms with Crippen LogP contribution in [0.4, 0.5) is 11.4 Å². The summed E-state index contributed by atoms with van der Waals surface area (Å²) >= 11 is 0. The van der Waals surface area contributed by atoms with E-state index in [1.54, 1.807) is 42.6 Å². The largest absolute Gasteiger partial charge is 0.494 e. The van der Waals surface area contributed by atoms with Crippen molar-refractivity contribution in [1.82, 2.24) is 0 Å². The quantitative estimate of drug-likeness (QED) is 0.705. The fourth-order valence-corrected chi connectivity index (χ4v) is 2.89. The van der Waals surface area contributed by atoms with E-state index >= 15 is 0 Å². The van der Waals surface area contributed by atoms with Crippen LogP contribution >= 0.6 is 0 Å². The van der Waals surface area contributed by atoms with Gasteiger partial charge < -0.3 is 28.8 Å². The van der Waals surface area contributed by atoms with Crippen LogP contribution in [0.25, 0.3) is 0 Å². The monoisotopic (exact) mass is 424 g/mol. The van der Waals surface area contributed by atoms with E-state index in [4.69, 9.17) is 18.6 Å². The molecule has 0 fully saturated rings. The van der Waals surface area contributed by atoms with Gasteiger partial charge >= 0.3 is 11.9 Å². The molecular formula is C22H20N2O7. The molecule has 0 aliphatic carbocycles. The van der Waals surface area contributed by atoms with Crippen molar-refractivity contribution in [2.75, 3.05) is 31.5 Å². The predicted molar refractivity (Wildman–Crippen MR) is 111 cm³/mol. The van der Waals surface area contributed by atoms with Gasteiger partial charge in [-0.05, 0) is 36.4 Å². The number of furan rings is 1. The number of esters is 2. The van der Waals surface area contributed by atoms with Gasteiger partial charge in [-0.3, -0.25) is 4.79 Å². The maximum Gasteiger partial charge on any atom is 0.355 e. The third-order valence-corrected chi connectivity index (χ3v) is 4.35. The molecular weight excluding hydrogens is 404 g/mol. The molecule has 0 radical (unpaired) electrons. The van der Waals surface area contributed by atoms with Crippen LogP contribution in [0, 0.1) is 0 Å². The van der Waals surface area contributed by atoms with Crippen LogP contribution < -0.4 is 15.0 Å². The van der Waals surface area contributed by atoms with Crippen LogP contribution in [-0.2, 0) is 19.1 Å². The number of ether oxygens (including phenoxy) is 3. The molecule has 0 bridgehead atoms. The van der Waals surface area contributed by atoms with Crippen LogP contribution in [0.1, 0.15) is 10.6 Å². The predicted octanol–water partition coefficient (Wildman–Crippen LogP) is 3.03. The maximum absolute atomic E-state index is 12.5. The Balaban J connectivity index is 2.02. The van der Waals surface area contributed by atoms with Crippen LogP contribution in [0.3, 0.4) is 0 Å². The Labute approximate surface area is 178 Å². The summed E-state index contributed by atoms with van der Waals surface area (Å²) in [5, 5.41) is 2.70. The molecule has 9 heteroatoms. The first-order chi connectivity index (χ1) is 15.0. The molecule has 1 aliphatic heterocycles. The number of hydrogen-bond donors (Lipinski definition) is 1. The van der Waals surface area contributed by atoms with E-state index in [0.717, 1.165) is 0 Å². The van der Waals surface area contributed by atoms with Crippen LogP contribution in [0.15, 0.2) is 76.7 Å². The highest BCUT2D eigenvalue weighted by Gasteiger charge is 2.28. The number of benzene rings is 1. The zero-order valence-corrected chi connectivity index (χ0v) is 17.1. The maximum atomic E-state index is 12.5. The van der Waals surface area contributed by atoms with Gasteiger partial charge in [-0.25, -0.2) is 9.59 Å². The molecule has 0 unspecified atom stereocenters. The second-order valence-corrected chi connectivity index (χ2v) is 6.13. The Bertz CT molecular complexity index is 1080. The zero-order valence-electron chi connectivity index (χ0n) is 17.1. The van der Waals surface area contributed by atoms with Gasteiger partial charge in [0.2, 0.25) is 0 Å². The summed E-state index contributed by atoms with van der Waals surface area (Å²) in [6.07, 6.45) is 7.70. The van der Waals surface area contributed by atoms with Crippen molar-refractivity contribution >= 4 is 29.2 Å². The van der Waals surface area contributed by atoms with Crippen LogP contribution in [-0.4, -0.2) is 39.2 Å². The molecule has 31 heavy (non-hydrogen) atoms. The fourth-order valence-electron chi connectivity index (χ4n) is 2.89. The topological polar surface area (TPSA) is 107 Å². The molecule has 1 amide bonds. The van der Waals surface area contributed by atoms with Gasteiger partial charge in [-0.2, -0.15) is 0 Å². The van der Waals surface area contributed by atoms with E-state index in [2.05, 4.69) is 5.32 Å². The van der Waals surface area contributed by atoms with Gasteiger partial charge in [0.15, 0.2) is 5.76 Å². The number of nitrogens with zero attached hydrogens (tertiary/aromatic N) is 1. The van der Waals surface area contributed by atoms with Gasteiger partial charge in [0.05, 0.1) is 38.9 Å². The van der Waals surface area contributed by atoms with Crippen molar-refractivity contribution < 1.29 is 33.0 Å². The lowest BCUT2D eigenvalue weighted by atomic mass is 10.1. The van der Waals surface area contributed by atoms with Crippen molar-refractivity contribution in [3.05, 3.63) is 78.1 Å². The van der Waals surface area contributed by atoms with E-state index in [9.17, 15) is 14.4 Å². The second kappa shape index (κ2) is 9.49. The highest BCUT2D eigenvalue weighted by atomic mass is 16.5. The number of anilines is 2. The summed E-state index contributed by atoms with van der Waals surface area (Å²) < 4.78 is 20.2. The van der Waals surface area contributed by atoms with Crippen molar-refractivity contribution in [1.29, 1.82) is 0 Å². The normalized spacial score (nSPS) is 12.9. The molecule has 1 N–H and O–H groups in total. The van der Waals surface area contributed by atoms with Gasteiger partial charge in [-0.15, -0.1) is 0 Å². The Morgan fingerprint density at radius 1 is 1.00 bits per heavy atom. The van der Waals surface area contributed by atoms with Gasteiger partial charge in [0, 0.05) is 18.0 Å². The minimum atomic E-state index is -0.731. The summed E-state index contributed by atoms with van der Waals surface area (Å²) in [5.41, 5.74) is 0.859. The van der Waals surface area contributed by atoms with E-state index in [-0.39, 0.29) is 17.0 Å². The molecule has 0 saturated heterocycles. The van der Waals surface area contributed by atoms with Crippen molar-refractivity contribution in [3.8, 4) is 5.75 Å². The lowest BCUT2D eigenvalue weighted by Gasteiger charge is -2.24. The molecule has 0 atom stereocenters. The lowest BCUT2D eigenvalue weighted by molar-refractivity contribution is -0.139. The van der Waals surface area contributed by atoms with Crippen molar-refractivity contribution in [2.24, 2.45) is 0 Å². The summed E-state index contributed by atoms with van der Waals surface area (Å²) in [6, 6.07) is 7.99. The lowest BCUT2D eigenvalue weighted by Crippen LogP contribution is -2.27. The number of amides is 1. The minimum absolute atomic E-state index is 0.0218. The third kappa shape index (κ3) is 4.50. The Hall–Kier alpha value is -4.27. The number of rotatable bonds is 6. The Morgan fingerprint density at radius 3 is 2.42 bits per heavy atom. The number of methoxy groups -OCH3 is 3. The molecule has 1 aliphatic rings. The molecule has 9 nitrogen and oxygen atoms in total. The highest BCUT2D eigenvalue weighted by Crippen LogP contribution is 2.33. The molecule has 1 aromatic carbocycles. The molecule has 1 aromatic heterocycles. The van der Waals surface area contributed by atoms with E-state index in [1.807, 2.05) is 0 Å². The smallest absolute Gasteiger partial charge is 0.355 e. The summed E-state index contributed by atoms with van der Waals surface area (Å²) in [4.78, 5) is 38.6. The zero-order chi connectivity index (χ0) is 22.4. The SMILES string of the molecule is COC(=O)C1=C(C(=O)OC)N(c2ccc(NC(=O)c3ccco3)c(OC)c2)C=CC=C1. The molecule has 2 aromatic rings. The first-order valence-corrected chi connectivity index (χ1v) is 9.08. The number of carbonyl (C=O) groups excluding carboxylic acids is 3. The molecule has 160 valence electrons. The number of allylic oxidation sites excluding steroid dienone is 2. The second-order valence-electron chi connectivity index (χ2n) is 6.13. The van der Waals surface area contributed by atoms with Gasteiger partial charge in [-0.1, -0.05) is 6.08 Å². The fraction of sp³-hybridized carbons (Fsp3) is 0.136. The molecule has 0 saturated carbocycles. The number of carbonyl (C=O) groups is 3. The molecule has 2 heterocycles. The molecule has 0 spiro atoms. The van der Waals surface area contributed by atoms with E-state index in [1.165, 1.54) is 44.6 Å². The average Bonchev–Trinajstić information content (AvgIpc) is 3.25. The van der Waals surface area contributed by atoms with Gasteiger partial charge in [0.25, 0.3) is 5.91 Å². The summed E-state index contributed by atoms with van der Waals surface area (Å²) in [6.45, 7) is 0. The van der Waals surface area contributed by atoms with Crippen LogP contribution in [0.5, 0.6) is 5.75 Å². The number of nitrogens with one attached hydrogen (secondary N) is 1. The standard InChI is InChI=1S/C22H20N2O7/c1-28-18-13-14(9-10-16(18)23-20(25)17-8-6-12-31-17)24-11-5-4-7-15(21(26)29-2)19(24)22(27)30-3/h4-13H,1-3H3,(H,23,25). The summed E-state index contributed by atoms with van der Waals surface area (Å²) in [5.74, 6) is -1.40. The average molecular weight is 424 g/mol. The van der Waals surface area contributed by atoms with E-state index in [0.29, 0.717) is 17.1 Å². The Morgan fingerprint density at radius 2 is 1.77 bits per heavy atom. The van der Waals surface area contributed by atoms with Gasteiger partial charge in [0.1, 0.15) is 11.4 Å². The minimum Gasteiger partial charge on any atom is -0.494 e. The Kier molecular flexibility index (Phi) is 6.56. The van der Waals surface area contributed by atoms with E-state index < -0.39 is 17.8 Å². The number of hydrogen-bond acceptors (Lipinski definition) is 8.